The van der Waals surface area contributed by atoms with E-state index in [1.165, 1.54) is 25.9 Å². The summed E-state index contributed by atoms with van der Waals surface area (Å²) in [7, 11) is 4.29. The molecule has 0 radical (unpaired) electrons. The molecule has 0 atom stereocenters. The van der Waals surface area contributed by atoms with Crippen molar-refractivity contribution in [2.24, 2.45) is 0 Å². The Labute approximate surface area is 88.2 Å². The predicted octanol–water partition coefficient (Wildman–Crippen LogP) is 0.668. The Kier molecular flexibility index (Phi) is 4.35. The molecule has 0 aromatic heterocycles. The van der Waals surface area contributed by atoms with Crippen LogP contribution in [-0.4, -0.2) is 50.2 Å². The SMILES string of the molecule is CN(C)C(C)(C)CNC1CCNCC1. The molecule has 0 spiro atoms. The van der Waals surface area contributed by atoms with E-state index in [-0.39, 0.29) is 5.54 Å². The van der Waals surface area contributed by atoms with E-state index < -0.39 is 0 Å². The van der Waals surface area contributed by atoms with Crippen molar-refractivity contribution in [1.82, 2.24) is 15.5 Å². The lowest BCUT2D eigenvalue weighted by Crippen LogP contribution is -2.51. The molecule has 84 valence electrons. The molecule has 1 fully saturated rings. The smallest absolute Gasteiger partial charge is 0.0271 e. The first-order valence-corrected chi connectivity index (χ1v) is 5.64. The maximum atomic E-state index is 3.66. The molecule has 1 saturated heterocycles. The van der Waals surface area contributed by atoms with Crippen molar-refractivity contribution in [3.05, 3.63) is 0 Å². The zero-order valence-electron chi connectivity index (χ0n) is 10.1. The first kappa shape index (κ1) is 12.0. The van der Waals surface area contributed by atoms with Crippen LogP contribution in [-0.2, 0) is 0 Å². The molecule has 0 bridgehead atoms. The second-order valence-corrected chi connectivity index (χ2v) is 5.11. The number of likely N-dealkylation sites (N-methyl/N-ethyl adjacent to an activating group) is 1. The fraction of sp³-hybridized carbons (Fsp3) is 1.00. The van der Waals surface area contributed by atoms with Gasteiger partial charge in [-0.1, -0.05) is 0 Å². The normalized spacial score (nSPS) is 20.4. The highest BCUT2D eigenvalue weighted by atomic mass is 15.2. The lowest BCUT2D eigenvalue weighted by atomic mass is 10.0. The highest BCUT2D eigenvalue weighted by Crippen LogP contribution is 2.10. The average Bonchev–Trinajstić information content (AvgIpc) is 2.16. The summed E-state index contributed by atoms with van der Waals surface area (Å²) in [5.74, 6) is 0. The zero-order chi connectivity index (χ0) is 10.6. The summed E-state index contributed by atoms with van der Waals surface area (Å²) in [6.07, 6.45) is 2.53. The average molecular weight is 199 g/mol. The second kappa shape index (κ2) is 5.10. The largest absolute Gasteiger partial charge is 0.317 e. The van der Waals surface area contributed by atoms with Gasteiger partial charge in [-0.15, -0.1) is 0 Å². The second-order valence-electron chi connectivity index (χ2n) is 5.11. The number of nitrogens with one attached hydrogen (secondary N) is 2. The Morgan fingerprint density at radius 1 is 1.29 bits per heavy atom. The lowest BCUT2D eigenvalue weighted by molar-refractivity contribution is 0.180. The molecule has 0 unspecified atom stereocenters. The van der Waals surface area contributed by atoms with Crippen molar-refractivity contribution in [2.45, 2.75) is 38.3 Å². The summed E-state index contributed by atoms with van der Waals surface area (Å²) in [5.41, 5.74) is 0.255. The van der Waals surface area contributed by atoms with Crippen LogP contribution in [0.25, 0.3) is 0 Å². The lowest BCUT2D eigenvalue weighted by Gasteiger charge is -2.35. The molecule has 1 aliphatic heterocycles. The third-order valence-corrected chi connectivity index (χ3v) is 3.37. The van der Waals surface area contributed by atoms with Crippen molar-refractivity contribution < 1.29 is 0 Å². The maximum Gasteiger partial charge on any atom is 0.0271 e. The molecule has 0 aromatic rings. The highest BCUT2D eigenvalue weighted by Gasteiger charge is 2.22. The van der Waals surface area contributed by atoms with Gasteiger partial charge in [-0.3, -0.25) is 0 Å². The molecular weight excluding hydrogens is 174 g/mol. The molecule has 1 heterocycles. The molecular formula is C11H25N3. The van der Waals surface area contributed by atoms with Crippen molar-refractivity contribution in [2.75, 3.05) is 33.7 Å². The van der Waals surface area contributed by atoms with E-state index in [0.29, 0.717) is 0 Å². The van der Waals surface area contributed by atoms with Crippen LogP contribution in [0.1, 0.15) is 26.7 Å². The van der Waals surface area contributed by atoms with Crippen molar-refractivity contribution >= 4 is 0 Å². The molecule has 14 heavy (non-hydrogen) atoms. The van der Waals surface area contributed by atoms with Gasteiger partial charge in [0, 0.05) is 18.1 Å². The van der Waals surface area contributed by atoms with Crippen molar-refractivity contribution in [3.8, 4) is 0 Å². The summed E-state index contributed by atoms with van der Waals surface area (Å²) >= 11 is 0. The van der Waals surface area contributed by atoms with Crippen LogP contribution in [0.4, 0.5) is 0 Å². The summed E-state index contributed by atoms with van der Waals surface area (Å²) < 4.78 is 0. The first-order chi connectivity index (χ1) is 6.52. The number of piperidine rings is 1. The fourth-order valence-corrected chi connectivity index (χ4v) is 1.58. The molecule has 0 aliphatic carbocycles. The highest BCUT2D eigenvalue weighted by molar-refractivity contribution is 4.83. The van der Waals surface area contributed by atoms with E-state index in [2.05, 4.69) is 43.5 Å². The zero-order valence-corrected chi connectivity index (χ0v) is 10.1. The minimum absolute atomic E-state index is 0.255. The quantitative estimate of drug-likeness (QED) is 0.697. The van der Waals surface area contributed by atoms with Gasteiger partial charge in [-0.05, 0) is 53.9 Å². The molecule has 3 heteroatoms. The molecule has 1 rings (SSSR count). The Balaban J connectivity index is 2.24. The van der Waals surface area contributed by atoms with Gasteiger partial charge in [0.2, 0.25) is 0 Å². The van der Waals surface area contributed by atoms with E-state index in [9.17, 15) is 0 Å². The van der Waals surface area contributed by atoms with Gasteiger partial charge < -0.3 is 15.5 Å². The Morgan fingerprint density at radius 3 is 2.36 bits per heavy atom. The standard InChI is InChI=1S/C11H25N3/c1-11(2,14(3)4)9-13-10-5-7-12-8-6-10/h10,12-13H,5-9H2,1-4H3. The van der Waals surface area contributed by atoms with Crippen LogP contribution >= 0.6 is 0 Å². The van der Waals surface area contributed by atoms with Crippen LogP contribution in [0.5, 0.6) is 0 Å². The van der Waals surface area contributed by atoms with Crippen LogP contribution < -0.4 is 10.6 Å². The van der Waals surface area contributed by atoms with Gasteiger partial charge >= 0.3 is 0 Å². The van der Waals surface area contributed by atoms with Gasteiger partial charge in [0.1, 0.15) is 0 Å². The van der Waals surface area contributed by atoms with E-state index in [1.54, 1.807) is 0 Å². The predicted molar refractivity (Wildman–Crippen MR) is 61.7 cm³/mol. The number of hydrogen-bond acceptors (Lipinski definition) is 3. The summed E-state index contributed by atoms with van der Waals surface area (Å²) in [6.45, 7) is 7.97. The monoisotopic (exact) mass is 199 g/mol. The first-order valence-electron chi connectivity index (χ1n) is 5.64. The third kappa shape index (κ3) is 3.56. The number of nitrogens with zero attached hydrogens (tertiary/aromatic N) is 1. The minimum atomic E-state index is 0.255. The van der Waals surface area contributed by atoms with E-state index in [0.717, 1.165) is 12.6 Å². The van der Waals surface area contributed by atoms with Gasteiger partial charge in [0.15, 0.2) is 0 Å². The third-order valence-electron chi connectivity index (χ3n) is 3.37. The molecule has 0 saturated carbocycles. The molecule has 0 amide bonds. The van der Waals surface area contributed by atoms with Crippen LogP contribution in [0.3, 0.4) is 0 Å². The van der Waals surface area contributed by atoms with E-state index in [1.807, 2.05) is 0 Å². The van der Waals surface area contributed by atoms with Crippen LogP contribution in [0.15, 0.2) is 0 Å². The number of rotatable bonds is 4. The van der Waals surface area contributed by atoms with Gasteiger partial charge in [0.25, 0.3) is 0 Å². The Morgan fingerprint density at radius 2 is 1.86 bits per heavy atom. The summed E-state index contributed by atoms with van der Waals surface area (Å²) in [6, 6.07) is 0.718. The Bertz CT molecular complexity index is 160. The topological polar surface area (TPSA) is 27.3 Å². The minimum Gasteiger partial charge on any atom is -0.317 e. The van der Waals surface area contributed by atoms with E-state index >= 15 is 0 Å². The molecule has 3 nitrogen and oxygen atoms in total. The van der Waals surface area contributed by atoms with Crippen molar-refractivity contribution in [1.29, 1.82) is 0 Å². The van der Waals surface area contributed by atoms with Crippen LogP contribution in [0, 0.1) is 0 Å². The summed E-state index contributed by atoms with van der Waals surface area (Å²) in [5, 5.41) is 7.05. The molecule has 2 N–H and O–H groups in total. The molecule has 1 aliphatic rings. The molecule has 0 aromatic carbocycles. The van der Waals surface area contributed by atoms with Crippen LogP contribution in [0.2, 0.25) is 0 Å². The maximum absolute atomic E-state index is 3.66. The van der Waals surface area contributed by atoms with E-state index in [4.69, 9.17) is 0 Å². The van der Waals surface area contributed by atoms with Gasteiger partial charge in [0.05, 0.1) is 0 Å². The van der Waals surface area contributed by atoms with Gasteiger partial charge in [-0.2, -0.15) is 0 Å². The fourth-order valence-electron chi connectivity index (χ4n) is 1.58. The van der Waals surface area contributed by atoms with Crippen molar-refractivity contribution in [3.63, 3.8) is 0 Å². The Hall–Kier alpha value is -0.120. The van der Waals surface area contributed by atoms with Gasteiger partial charge in [-0.25, -0.2) is 0 Å². The number of hydrogen-bond donors (Lipinski definition) is 2. The summed E-state index contributed by atoms with van der Waals surface area (Å²) in [4.78, 5) is 2.28.